The van der Waals surface area contributed by atoms with Gasteiger partial charge in [-0.1, -0.05) is 0 Å². The summed E-state index contributed by atoms with van der Waals surface area (Å²) < 4.78 is 15.9. The first-order chi connectivity index (χ1) is 4.97. The van der Waals surface area contributed by atoms with E-state index in [-0.39, 0.29) is 6.10 Å². The van der Waals surface area contributed by atoms with Crippen LogP contribution in [0.5, 0.6) is 0 Å². The molecule has 3 heteroatoms. The molecule has 0 amide bonds. The molecule has 0 bridgehead atoms. The largest absolute Gasteiger partial charge is 0.373 e. The Hall–Kier alpha value is -0.120. The van der Waals surface area contributed by atoms with E-state index in [4.69, 9.17) is 14.2 Å². The van der Waals surface area contributed by atoms with Crippen molar-refractivity contribution >= 4 is 0 Å². The van der Waals surface area contributed by atoms with Crippen LogP contribution in [0.2, 0.25) is 0 Å². The van der Waals surface area contributed by atoms with Gasteiger partial charge in [0.15, 0.2) is 0 Å². The molecule has 2 atom stereocenters. The molecule has 0 aromatic rings. The molecule has 0 saturated carbocycles. The third kappa shape index (κ3) is 1.17. The van der Waals surface area contributed by atoms with E-state index in [9.17, 15) is 0 Å². The number of hydrogen-bond acceptors (Lipinski definition) is 3. The summed E-state index contributed by atoms with van der Waals surface area (Å²) in [6.45, 7) is 2.03. The lowest BCUT2D eigenvalue weighted by Gasteiger charge is -2.34. The average Bonchev–Trinajstić information content (AvgIpc) is 2.05. The minimum Gasteiger partial charge on any atom is -0.373 e. The number of rotatable bonds is 0. The zero-order chi connectivity index (χ0) is 6.81. The molecule has 58 valence electrons. The molecule has 2 aliphatic rings. The second-order valence-electron chi connectivity index (χ2n) is 2.75. The summed E-state index contributed by atoms with van der Waals surface area (Å²) in [6, 6.07) is 0. The SMILES string of the molecule is C1CO[C@@H]2COCOC2C1. The first-order valence-corrected chi connectivity index (χ1v) is 3.78. The van der Waals surface area contributed by atoms with Crippen molar-refractivity contribution in [2.24, 2.45) is 0 Å². The van der Waals surface area contributed by atoms with E-state index in [2.05, 4.69) is 0 Å². The lowest BCUT2D eigenvalue weighted by molar-refractivity contribution is -0.223. The summed E-state index contributed by atoms with van der Waals surface area (Å²) in [5.41, 5.74) is 0. The van der Waals surface area contributed by atoms with E-state index < -0.39 is 0 Å². The van der Waals surface area contributed by atoms with Crippen molar-refractivity contribution in [1.29, 1.82) is 0 Å². The minimum atomic E-state index is 0.211. The molecule has 2 aliphatic heterocycles. The van der Waals surface area contributed by atoms with Gasteiger partial charge in [0.1, 0.15) is 12.9 Å². The fourth-order valence-corrected chi connectivity index (χ4v) is 1.46. The zero-order valence-corrected chi connectivity index (χ0v) is 5.91. The van der Waals surface area contributed by atoms with Crippen LogP contribution >= 0.6 is 0 Å². The Bertz CT molecular complexity index is 89.4. The van der Waals surface area contributed by atoms with Crippen molar-refractivity contribution in [1.82, 2.24) is 0 Å². The van der Waals surface area contributed by atoms with E-state index in [1.807, 2.05) is 0 Å². The molecule has 0 radical (unpaired) electrons. The fourth-order valence-electron chi connectivity index (χ4n) is 1.46. The van der Waals surface area contributed by atoms with Crippen molar-refractivity contribution in [3.05, 3.63) is 0 Å². The van der Waals surface area contributed by atoms with Gasteiger partial charge in [0.25, 0.3) is 0 Å². The van der Waals surface area contributed by atoms with Gasteiger partial charge in [0.05, 0.1) is 12.7 Å². The molecule has 0 aromatic carbocycles. The topological polar surface area (TPSA) is 27.7 Å². The molecule has 1 unspecified atom stereocenters. The van der Waals surface area contributed by atoms with Crippen LogP contribution < -0.4 is 0 Å². The highest BCUT2D eigenvalue weighted by molar-refractivity contribution is 4.76. The Morgan fingerprint density at radius 2 is 2.10 bits per heavy atom. The van der Waals surface area contributed by atoms with Gasteiger partial charge >= 0.3 is 0 Å². The van der Waals surface area contributed by atoms with Gasteiger partial charge in [-0.3, -0.25) is 0 Å². The van der Waals surface area contributed by atoms with E-state index in [1.54, 1.807) is 0 Å². The lowest BCUT2D eigenvalue weighted by atomic mass is 10.1. The van der Waals surface area contributed by atoms with E-state index >= 15 is 0 Å². The average molecular weight is 144 g/mol. The van der Waals surface area contributed by atoms with Crippen LogP contribution in [-0.2, 0) is 14.2 Å². The van der Waals surface area contributed by atoms with E-state index in [0.717, 1.165) is 19.4 Å². The van der Waals surface area contributed by atoms with Crippen molar-refractivity contribution < 1.29 is 14.2 Å². The Kier molecular flexibility index (Phi) is 1.88. The molecular weight excluding hydrogens is 132 g/mol. The van der Waals surface area contributed by atoms with Gasteiger partial charge < -0.3 is 14.2 Å². The van der Waals surface area contributed by atoms with Crippen LogP contribution in [0.3, 0.4) is 0 Å². The minimum absolute atomic E-state index is 0.211. The summed E-state index contributed by atoms with van der Waals surface area (Å²) in [7, 11) is 0. The fraction of sp³-hybridized carbons (Fsp3) is 1.00. The van der Waals surface area contributed by atoms with Gasteiger partial charge in [0, 0.05) is 6.61 Å². The third-order valence-electron chi connectivity index (χ3n) is 2.03. The maximum Gasteiger partial charge on any atom is 0.147 e. The first-order valence-electron chi connectivity index (χ1n) is 3.78. The highest BCUT2D eigenvalue weighted by Gasteiger charge is 2.29. The normalized spacial score (nSPS) is 40.8. The van der Waals surface area contributed by atoms with Crippen LogP contribution in [0.25, 0.3) is 0 Å². The smallest absolute Gasteiger partial charge is 0.147 e. The monoisotopic (exact) mass is 144 g/mol. The summed E-state index contributed by atoms with van der Waals surface area (Å²) in [4.78, 5) is 0. The van der Waals surface area contributed by atoms with Gasteiger partial charge in [-0.2, -0.15) is 0 Å². The highest BCUT2D eigenvalue weighted by atomic mass is 16.7. The number of hydrogen-bond donors (Lipinski definition) is 0. The molecule has 0 aromatic heterocycles. The molecule has 2 fully saturated rings. The van der Waals surface area contributed by atoms with Crippen LogP contribution in [0, 0.1) is 0 Å². The van der Waals surface area contributed by atoms with Crippen LogP contribution in [-0.4, -0.2) is 32.2 Å². The molecule has 2 rings (SSSR count). The predicted octanol–water partition coefficient (Wildman–Crippen LogP) is 0.538. The molecule has 0 aliphatic carbocycles. The summed E-state index contributed by atoms with van der Waals surface area (Å²) in [5, 5.41) is 0. The van der Waals surface area contributed by atoms with Gasteiger partial charge in [-0.25, -0.2) is 0 Å². The van der Waals surface area contributed by atoms with E-state index in [0.29, 0.717) is 19.5 Å². The predicted molar refractivity (Wildman–Crippen MR) is 34.7 cm³/mol. The first kappa shape index (κ1) is 6.58. The Balaban J connectivity index is 1.93. The Morgan fingerprint density at radius 1 is 1.10 bits per heavy atom. The zero-order valence-electron chi connectivity index (χ0n) is 5.91. The van der Waals surface area contributed by atoms with E-state index in [1.165, 1.54) is 0 Å². The molecule has 0 spiro atoms. The Labute approximate surface area is 60.3 Å². The lowest BCUT2D eigenvalue weighted by Crippen LogP contribution is -2.43. The second kappa shape index (κ2) is 2.86. The number of fused-ring (bicyclic) bond motifs is 1. The Morgan fingerprint density at radius 3 is 3.00 bits per heavy atom. The maximum absolute atomic E-state index is 5.43. The quantitative estimate of drug-likeness (QED) is 0.496. The van der Waals surface area contributed by atoms with Crippen LogP contribution in [0.1, 0.15) is 12.8 Å². The molecular formula is C7H12O3. The summed E-state index contributed by atoms with van der Waals surface area (Å²) in [6.07, 6.45) is 2.78. The van der Waals surface area contributed by atoms with Crippen molar-refractivity contribution in [3.8, 4) is 0 Å². The highest BCUT2D eigenvalue weighted by Crippen LogP contribution is 2.20. The third-order valence-corrected chi connectivity index (χ3v) is 2.03. The molecule has 10 heavy (non-hydrogen) atoms. The molecule has 3 nitrogen and oxygen atoms in total. The standard InChI is InChI=1S/C7H12O3/c1-2-6-7(9-3-1)4-8-5-10-6/h6-7H,1-5H2/t6?,7-/m1/s1. The number of ether oxygens (including phenoxy) is 3. The van der Waals surface area contributed by atoms with Gasteiger partial charge in [-0.15, -0.1) is 0 Å². The molecule has 2 heterocycles. The molecule has 2 saturated heterocycles. The summed E-state index contributed by atoms with van der Waals surface area (Å²) in [5.74, 6) is 0. The van der Waals surface area contributed by atoms with Crippen molar-refractivity contribution in [2.75, 3.05) is 20.0 Å². The van der Waals surface area contributed by atoms with Crippen molar-refractivity contribution in [2.45, 2.75) is 25.0 Å². The van der Waals surface area contributed by atoms with Crippen LogP contribution in [0.4, 0.5) is 0 Å². The van der Waals surface area contributed by atoms with Gasteiger partial charge in [0.2, 0.25) is 0 Å². The van der Waals surface area contributed by atoms with Crippen molar-refractivity contribution in [3.63, 3.8) is 0 Å². The van der Waals surface area contributed by atoms with Gasteiger partial charge in [-0.05, 0) is 12.8 Å². The second-order valence-corrected chi connectivity index (χ2v) is 2.75. The van der Waals surface area contributed by atoms with Crippen LogP contribution in [0.15, 0.2) is 0 Å². The summed E-state index contributed by atoms with van der Waals surface area (Å²) >= 11 is 0. The molecule has 0 N–H and O–H groups in total. The maximum atomic E-state index is 5.43.